The molecule has 1 N–H and O–H groups in total. The molecular formula is C46H84O5Si3. The molecule has 1 rings (SSSR count). The largest absolute Gasteiger partial charge is 0.417 e. The van der Waals surface area contributed by atoms with E-state index in [1.807, 2.05) is 6.07 Å². The first-order chi connectivity index (χ1) is 25.4. The summed E-state index contributed by atoms with van der Waals surface area (Å²) < 4.78 is 26.8. The number of rotatable bonds is 25. The van der Waals surface area contributed by atoms with Crippen molar-refractivity contribution >= 4 is 25.0 Å². The van der Waals surface area contributed by atoms with Gasteiger partial charge in [0.05, 0.1) is 18.8 Å². The maximum Gasteiger partial charge on any atom is 0.192 e. The minimum atomic E-state index is -1.88. The van der Waals surface area contributed by atoms with Gasteiger partial charge < -0.3 is 23.1 Å². The molecule has 0 aliphatic rings. The molecule has 0 aliphatic carbocycles. The van der Waals surface area contributed by atoms with Gasteiger partial charge in [0.1, 0.15) is 0 Å². The fourth-order valence-corrected chi connectivity index (χ4v) is 14.0. The monoisotopic (exact) mass is 801 g/mol. The van der Waals surface area contributed by atoms with Gasteiger partial charge in [0.25, 0.3) is 0 Å². The quantitative estimate of drug-likeness (QED) is 0.0606. The number of hydrogen-bond acceptors (Lipinski definition) is 5. The van der Waals surface area contributed by atoms with Crippen LogP contribution in [0.2, 0.25) is 54.4 Å². The molecule has 0 radical (unpaired) electrons. The van der Waals surface area contributed by atoms with Crippen molar-refractivity contribution in [3.05, 3.63) is 35.9 Å². The van der Waals surface area contributed by atoms with Crippen molar-refractivity contribution in [2.45, 2.75) is 195 Å². The summed E-state index contributed by atoms with van der Waals surface area (Å²) in [5.74, 6) is 13.8. The Hall–Kier alpha value is -1.21. The van der Waals surface area contributed by atoms with E-state index >= 15 is 0 Å². The molecule has 1 aromatic rings. The maximum absolute atomic E-state index is 11.1. The summed E-state index contributed by atoms with van der Waals surface area (Å²) in [5, 5.41) is 11.3. The molecule has 1 aromatic carbocycles. The van der Waals surface area contributed by atoms with E-state index in [-0.39, 0.29) is 29.1 Å². The molecule has 7 atom stereocenters. The van der Waals surface area contributed by atoms with Gasteiger partial charge in [0.2, 0.25) is 0 Å². The highest BCUT2D eigenvalue weighted by Crippen LogP contribution is 2.37. The Kier molecular flexibility index (Phi) is 23.7. The van der Waals surface area contributed by atoms with Crippen molar-refractivity contribution in [1.29, 1.82) is 0 Å². The average Bonchev–Trinajstić information content (AvgIpc) is 3.16. The predicted molar refractivity (Wildman–Crippen MR) is 240 cm³/mol. The zero-order chi connectivity index (χ0) is 41.0. The number of aliphatic hydroxyl groups is 1. The lowest BCUT2D eigenvalue weighted by Crippen LogP contribution is -2.44. The molecule has 8 heteroatoms. The lowest BCUT2D eigenvalue weighted by atomic mass is 9.90. The Morgan fingerprint density at radius 2 is 1.20 bits per heavy atom. The van der Waals surface area contributed by atoms with Crippen molar-refractivity contribution in [2.24, 2.45) is 23.7 Å². The van der Waals surface area contributed by atoms with Crippen molar-refractivity contribution in [3.63, 3.8) is 0 Å². The van der Waals surface area contributed by atoms with E-state index in [1.165, 1.54) is 5.56 Å². The molecule has 0 bridgehead atoms. The zero-order valence-corrected chi connectivity index (χ0v) is 40.7. The predicted octanol–water partition coefficient (Wildman–Crippen LogP) is 12.5. The normalized spacial score (nSPS) is 16.6. The zero-order valence-electron chi connectivity index (χ0n) is 37.7. The standard InChI is InChI=1S/C46H84O5Si3/c1-16-53(17-2,18-3)50-44(34-29-38(7)36-49-52(14,15)46(11,12)13)39(8)30-32-43(47)33-31-41(10)45(51-54(19-4,20-5)21-6)40(9)26-25-35-48-37-42-27-23-22-24-28-42/h22-24,27-28,38-41,43-45,47H,16-21,25-26,29,34-37H2,1-15H3/t38-,39+,40+,41-,43?,44-,45-/m0/s1. The van der Waals surface area contributed by atoms with E-state index in [4.69, 9.17) is 18.0 Å². The number of benzene rings is 1. The van der Waals surface area contributed by atoms with Crippen molar-refractivity contribution in [3.8, 4) is 23.7 Å². The van der Waals surface area contributed by atoms with Gasteiger partial charge in [-0.25, -0.2) is 0 Å². The minimum absolute atomic E-state index is 0.00518. The van der Waals surface area contributed by atoms with Gasteiger partial charge in [-0.3, -0.25) is 0 Å². The fraction of sp³-hybridized carbons (Fsp3) is 0.783. The molecule has 5 nitrogen and oxygen atoms in total. The van der Waals surface area contributed by atoms with E-state index < -0.39 is 31.1 Å². The summed E-state index contributed by atoms with van der Waals surface area (Å²) in [6.45, 7) is 36.3. The molecule has 1 unspecified atom stereocenters. The Morgan fingerprint density at radius 3 is 1.72 bits per heavy atom. The van der Waals surface area contributed by atoms with Gasteiger partial charge in [0.15, 0.2) is 31.1 Å². The second-order valence-electron chi connectivity index (χ2n) is 17.7. The van der Waals surface area contributed by atoms with E-state index in [1.54, 1.807) is 0 Å². The van der Waals surface area contributed by atoms with Crippen LogP contribution in [0.3, 0.4) is 0 Å². The number of ether oxygens (including phenoxy) is 1. The first-order valence-electron chi connectivity index (χ1n) is 21.7. The van der Waals surface area contributed by atoms with Crippen LogP contribution in [0.1, 0.15) is 121 Å². The van der Waals surface area contributed by atoms with Crippen LogP contribution in [0.15, 0.2) is 30.3 Å². The highest BCUT2D eigenvalue weighted by Gasteiger charge is 2.38. The van der Waals surface area contributed by atoms with E-state index in [0.717, 1.165) is 75.2 Å². The molecule has 54 heavy (non-hydrogen) atoms. The van der Waals surface area contributed by atoms with Crippen LogP contribution < -0.4 is 0 Å². The molecule has 0 saturated carbocycles. The first kappa shape index (κ1) is 50.8. The van der Waals surface area contributed by atoms with Gasteiger partial charge in [-0.1, -0.05) is 130 Å². The molecule has 0 aliphatic heterocycles. The summed E-state index contributed by atoms with van der Waals surface area (Å²) in [4.78, 5) is 0. The van der Waals surface area contributed by atoms with Crippen molar-refractivity contribution in [2.75, 3.05) is 13.2 Å². The summed E-state index contributed by atoms with van der Waals surface area (Å²) in [6, 6.07) is 17.0. The third-order valence-electron chi connectivity index (χ3n) is 12.7. The summed E-state index contributed by atoms with van der Waals surface area (Å²) >= 11 is 0. The van der Waals surface area contributed by atoms with Gasteiger partial charge in [0, 0.05) is 25.0 Å². The van der Waals surface area contributed by atoms with Gasteiger partial charge in [-0.2, -0.15) is 0 Å². The molecule has 0 spiro atoms. The number of aliphatic hydroxyl groups excluding tert-OH is 1. The summed E-state index contributed by atoms with van der Waals surface area (Å²) in [6.07, 6.45) is 2.99. The van der Waals surface area contributed by atoms with Gasteiger partial charge >= 0.3 is 0 Å². The number of hydrogen-bond donors (Lipinski definition) is 1. The Bertz CT molecular complexity index is 1250. The van der Waals surface area contributed by atoms with Crippen LogP contribution >= 0.6 is 0 Å². The molecular weight excluding hydrogens is 717 g/mol. The Labute approximate surface area is 338 Å². The lowest BCUT2D eigenvalue weighted by Gasteiger charge is -2.38. The van der Waals surface area contributed by atoms with Crippen LogP contribution in [0, 0.1) is 47.4 Å². The second kappa shape index (κ2) is 25.2. The van der Waals surface area contributed by atoms with Crippen LogP contribution in [-0.4, -0.2) is 61.6 Å². The minimum Gasteiger partial charge on any atom is -0.417 e. The Morgan fingerprint density at radius 1 is 0.685 bits per heavy atom. The van der Waals surface area contributed by atoms with Gasteiger partial charge in [-0.05, 0) is 111 Å². The van der Waals surface area contributed by atoms with Crippen molar-refractivity contribution < 1.29 is 23.1 Å². The maximum atomic E-state index is 11.1. The van der Waals surface area contributed by atoms with Crippen LogP contribution in [-0.2, 0) is 24.6 Å². The first-order valence-corrected chi connectivity index (χ1v) is 29.7. The lowest BCUT2D eigenvalue weighted by molar-refractivity contribution is 0.0776. The Balaban J connectivity index is 3.10. The molecule has 310 valence electrons. The average molecular weight is 801 g/mol. The van der Waals surface area contributed by atoms with E-state index in [2.05, 4.69) is 151 Å². The third kappa shape index (κ3) is 17.5. The fourth-order valence-electron chi connectivity index (χ4n) is 6.90. The van der Waals surface area contributed by atoms with Crippen LogP contribution in [0.4, 0.5) is 0 Å². The second-order valence-corrected chi connectivity index (χ2v) is 32.0. The topological polar surface area (TPSA) is 57.2 Å². The van der Waals surface area contributed by atoms with E-state index in [0.29, 0.717) is 18.4 Å². The summed E-state index contributed by atoms with van der Waals surface area (Å²) in [5.41, 5.74) is 1.20. The molecule has 0 fully saturated rings. The molecule has 0 amide bonds. The highest BCUT2D eigenvalue weighted by molar-refractivity contribution is 6.74. The van der Waals surface area contributed by atoms with Crippen LogP contribution in [0.5, 0.6) is 0 Å². The smallest absolute Gasteiger partial charge is 0.192 e. The van der Waals surface area contributed by atoms with Crippen LogP contribution in [0.25, 0.3) is 0 Å². The third-order valence-corrected chi connectivity index (χ3v) is 26.5. The molecule has 0 saturated heterocycles. The van der Waals surface area contributed by atoms with E-state index in [9.17, 15) is 5.11 Å². The molecule has 0 aromatic heterocycles. The van der Waals surface area contributed by atoms with Gasteiger partial charge in [-0.15, -0.1) is 0 Å². The highest BCUT2D eigenvalue weighted by atomic mass is 28.4. The SMILES string of the molecule is CC[Si](CC)(CC)O[C@@H]([C@H](C)CCCOCc1ccccc1)[C@@H](C)C#CC(O)C#C[C@@H](C)[C@H](CC[C@H](C)CO[Si](C)(C)C(C)(C)C)O[Si](CC)(CC)CC. The molecule has 0 heterocycles. The van der Waals surface area contributed by atoms with Crippen molar-refractivity contribution in [1.82, 2.24) is 0 Å². The summed E-state index contributed by atoms with van der Waals surface area (Å²) in [7, 11) is -5.53.